The van der Waals surface area contributed by atoms with Gasteiger partial charge in [-0.05, 0) is 43.0 Å². The van der Waals surface area contributed by atoms with Crippen molar-refractivity contribution < 1.29 is 9.59 Å². The summed E-state index contributed by atoms with van der Waals surface area (Å²) in [6, 6.07) is 13.9. The number of hydrogen-bond acceptors (Lipinski definition) is 2. The van der Waals surface area contributed by atoms with Crippen molar-refractivity contribution in [1.29, 1.82) is 0 Å². The van der Waals surface area contributed by atoms with Crippen LogP contribution in [0.5, 0.6) is 0 Å². The van der Waals surface area contributed by atoms with Gasteiger partial charge in [-0.2, -0.15) is 0 Å². The zero-order chi connectivity index (χ0) is 16.7. The molecule has 2 aromatic carbocycles. The van der Waals surface area contributed by atoms with E-state index in [0.717, 1.165) is 12.8 Å². The van der Waals surface area contributed by atoms with Crippen LogP contribution in [0.15, 0.2) is 48.5 Å². The van der Waals surface area contributed by atoms with Crippen LogP contribution in [-0.2, 0) is 11.2 Å². The van der Waals surface area contributed by atoms with E-state index < -0.39 is 6.04 Å². The van der Waals surface area contributed by atoms with E-state index in [2.05, 4.69) is 5.32 Å². The van der Waals surface area contributed by atoms with Crippen molar-refractivity contribution in [3.8, 4) is 0 Å². The molecule has 0 spiro atoms. The van der Waals surface area contributed by atoms with Crippen LogP contribution in [0.2, 0.25) is 10.0 Å². The van der Waals surface area contributed by atoms with Crippen molar-refractivity contribution in [2.24, 2.45) is 0 Å². The minimum Gasteiger partial charge on any atom is -0.342 e. The highest BCUT2D eigenvalue weighted by Gasteiger charge is 2.14. The van der Waals surface area contributed by atoms with Crippen molar-refractivity contribution >= 4 is 35.4 Å². The third-order valence-corrected chi connectivity index (χ3v) is 3.81. The zero-order valence-electron chi connectivity index (χ0n) is 12.4. The van der Waals surface area contributed by atoms with E-state index in [1.54, 1.807) is 6.07 Å². The van der Waals surface area contributed by atoms with E-state index in [9.17, 15) is 9.59 Å². The van der Waals surface area contributed by atoms with Crippen LogP contribution in [-0.4, -0.2) is 18.2 Å². The summed E-state index contributed by atoms with van der Waals surface area (Å²) in [6.07, 6.45) is 4.02. The lowest BCUT2D eigenvalue weighted by Gasteiger charge is -2.12. The highest BCUT2D eigenvalue weighted by atomic mass is 35.5. The summed E-state index contributed by atoms with van der Waals surface area (Å²) < 4.78 is 0. The minimum atomic E-state index is -0.649. The molecule has 0 aromatic heterocycles. The van der Waals surface area contributed by atoms with Crippen LogP contribution in [0.1, 0.15) is 28.8 Å². The molecule has 1 amide bonds. The molecule has 0 aliphatic carbocycles. The lowest BCUT2D eigenvalue weighted by Crippen LogP contribution is -2.36. The van der Waals surface area contributed by atoms with Crippen molar-refractivity contribution in [2.45, 2.75) is 25.3 Å². The molecule has 0 aliphatic rings. The Morgan fingerprint density at radius 1 is 1.09 bits per heavy atom. The number of rotatable bonds is 7. The van der Waals surface area contributed by atoms with Crippen molar-refractivity contribution in [3.05, 3.63) is 69.7 Å². The highest BCUT2D eigenvalue weighted by molar-refractivity contribution is 6.35. The van der Waals surface area contributed by atoms with Gasteiger partial charge < -0.3 is 5.32 Å². The van der Waals surface area contributed by atoms with Crippen molar-refractivity contribution in [2.75, 3.05) is 0 Å². The first-order valence-electron chi connectivity index (χ1n) is 7.27. The number of amides is 1. The largest absolute Gasteiger partial charge is 0.342 e. The van der Waals surface area contributed by atoms with Crippen molar-refractivity contribution in [1.82, 2.24) is 5.32 Å². The molecule has 0 aliphatic heterocycles. The molecule has 119 valence electrons. The summed E-state index contributed by atoms with van der Waals surface area (Å²) in [5.74, 6) is -0.387. The van der Waals surface area contributed by atoms with Crippen LogP contribution in [0.25, 0.3) is 0 Å². The van der Waals surface area contributed by atoms with E-state index in [1.165, 1.54) is 17.7 Å². The first-order valence-corrected chi connectivity index (χ1v) is 8.02. The molecule has 0 heterocycles. The van der Waals surface area contributed by atoms with E-state index in [-0.39, 0.29) is 5.91 Å². The highest BCUT2D eigenvalue weighted by Crippen LogP contribution is 2.19. The van der Waals surface area contributed by atoms with Gasteiger partial charge in [-0.15, -0.1) is 0 Å². The quantitative estimate of drug-likeness (QED) is 0.813. The van der Waals surface area contributed by atoms with Gasteiger partial charge in [0.15, 0.2) is 0 Å². The van der Waals surface area contributed by atoms with Gasteiger partial charge in [0.1, 0.15) is 0 Å². The summed E-state index contributed by atoms with van der Waals surface area (Å²) in [4.78, 5) is 23.2. The van der Waals surface area contributed by atoms with Crippen LogP contribution < -0.4 is 5.32 Å². The molecule has 23 heavy (non-hydrogen) atoms. The van der Waals surface area contributed by atoms with Gasteiger partial charge in [0, 0.05) is 15.6 Å². The first kappa shape index (κ1) is 17.5. The molecule has 0 saturated carbocycles. The number of carbonyl (C=O) groups excluding carboxylic acids is 2. The second-order valence-electron chi connectivity index (χ2n) is 5.18. The number of hydrogen-bond donors (Lipinski definition) is 1. The standard InChI is InChI=1S/C18H16Cl2NO2/c19-15-9-14(10-16(20)11-15)18(23)21-17(12-22)8-4-7-13-5-2-1-3-6-13/h1-3,5-6,9-11,17H,4,7-8H2,(H,21,23)/t17-/m1/s1. The fraction of sp³-hybridized carbons (Fsp3) is 0.222. The molecule has 1 radical (unpaired) electrons. The zero-order valence-corrected chi connectivity index (χ0v) is 13.9. The predicted molar refractivity (Wildman–Crippen MR) is 92.8 cm³/mol. The Bertz CT molecular complexity index is 654. The average molecular weight is 349 g/mol. The fourth-order valence-electron chi connectivity index (χ4n) is 2.24. The Labute approximate surface area is 145 Å². The molecular formula is C18H16Cl2NO2. The second kappa shape index (κ2) is 8.70. The van der Waals surface area contributed by atoms with Gasteiger partial charge in [-0.1, -0.05) is 53.5 Å². The van der Waals surface area contributed by atoms with Gasteiger partial charge in [0.05, 0.1) is 6.04 Å². The van der Waals surface area contributed by atoms with Gasteiger partial charge in [-0.3, -0.25) is 9.59 Å². The predicted octanol–water partition coefficient (Wildman–Crippen LogP) is 4.22. The first-order chi connectivity index (χ1) is 11.1. The topological polar surface area (TPSA) is 46.2 Å². The monoisotopic (exact) mass is 348 g/mol. The van der Waals surface area contributed by atoms with Gasteiger partial charge in [0.25, 0.3) is 5.91 Å². The summed E-state index contributed by atoms with van der Waals surface area (Å²) in [6.45, 7) is 0. The molecule has 0 saturated heterocycles. The van der Waals surface area contributed by atoms with E-state index in [4.69, 9.17) is 23.2 Å². The smallest absolute Gasteiger partial charge is 0.251 e. The van der Waals surface area contributed by atoms with E-state index >= 15 is 0 Å². The summed E-state index contributed by atoms with van der Waals surface area (Å²) >= 11 is 11.7. The van der Waals surface area contributed by atoms with E-state index in [1.807, 2.05) is 36.6 Å². The molecule has 0 unspecified atom stereocenters. The molecule has 5 heteroatoms. The van der Waals surface area contributed by atoms with Crippen molar-refractivity contribution in [3.63, 3.8) is 0 Å². The van der Waals surface area contributed by atoms with Gasteiger partial charge >= 0.3 is 0 Å². The van der Waals surface area contributed by atoms with E-state index in [0.29, 0.717) is 22.0 Å². The maximum absolute atomic E-state index is 12.1. The number of benzene rings is 2. The van der Waals surface area contributed by atoms with Crippen LogP contribution >= 0.6 is 23.2 Å². The number of carbonyl (C=O) groups is 1. The molecule has 0 bridgehead atoms. The molecular weight excluding hydrogens is 333 g/mol. The Hall–Kier alpha value is -1.84. The summed E-state index contributed by atoms with van der Waals surface area (Å²) in [5.41, 5.74) is 1.52. The normalized spacial score (nSPS) is 11.7. The number of aryl methyl sites for hydroxylation is 1. The molecule has 1 N–H and O–H groups in total. The molecule has 2 aromatic rings. The SMILES string of the molecule is O=[C][C@@H](CCCc1ccccc1)NC(=O)c1cc(Cl)cc(Cl)c1. The third kappa shape index (κ3) is 5.70. The molecule has 1 atom stereocenters. The third-order valence-electron chi connectivity index (χ3n) is 3.37. The number of nitrogens with one attached hydrogen (secondary N) is 1. The molecule has 0 fully saturated rings. The fourth-order valence-corrected chi connectivity index (χ4v) is 2.77. The lowest BCUT2D eigenvalue weighted by atomic mass is 10.0. The Morgan fingerprint density at radius 2 is 1.74 bits per heavy atom. The number of halogens is 2. The summed E-state index contributed by atoms with van der Waals surface area (Å²) in [5, 5.41) is 3.39. The average Bonchev–Trinajstić information content (AvgIpc) is 2.54. The Kier molecular flexibility index (Phi) is 6.63. The van der Waals surface area contributed by atoms with Crippen LogP contribution in [0.4, 0.5) is 0 Å². The van der Waals surface area contributed by atoms with Crippen LogP contribution in [0, 0.1) is 0 Å². The van der Waals surface area contributed by atoms with Gasteiger partial charge in [-0.25, -0.2) is 0 Å². The Balaban J connectivity index is 1.88. The molecule has 3 nitrogen and oxygen atoms in total. The van der Waals surface area contributed by atoms with Gasteiger partial charge in [0.2, 0.25) is 6.29 Å². The Morgan fingerprint density at radius 3 is 2.35 bits per heavy atom. The maximum Gasteiger partial charge on any atom is 0.251 e. The minimum absolute atomic E-state index is 0.325. The second-order valence-corrected chi connectivity index (χ2v) is 6.05. The maximum atomic E-state index is 12.1. The molecule has 2 rings (SSSR count). The lowest BCUT2D eigenvalue weighted by molar-refractivity contribution is 0.0944. The summed E-state index contributed by atoms with van der Waals surface area (Å²) in [7, 11) is 0. The van der Waals surface area contributed by atoms with Crippen LogP contribution in [0.3, 0.4) is 0 Å².